The molecule has 0 saturated heterocycles. The van der Waals surface area contributed by atoms with E-state index in [1.165, 1.54) is 21.9 Å². The molecule has 0 aliphatic carbocycles. The van der Waals surface area contributed by atoms with Gasteiger partial charge in [-0.3, -0.25) is 0 Å². The van der Waals surface area contributed by atoms with Gasteiger partial charge in [0.1, 0.15) is 5.58 Å². The summed E-state index contributed by atoms with van der Waals surface area (Å²) >= 11 is 0. The number of furan rings is 1. The van der Waals surface area contributed by atoms with Crippen molar-refractivity contribution in [1.29, 1.82) is 0 Å². The van der Waals surface area contributed by atoms with Crippen LogP contribution >= 0.6 is 0 Å². The SMILES string of the molecule is CC(C)c1ccnc(-c2[c-]ccc3c2oc2c(-c4ccccc4)cccc23)c1.C[Si](C)(C)c1ccc(-c2[c-]ccc(-c3ccccc3)c2)nc1.[Ir]. The Balaban J connectivity index is 0.000000178. The average molecular weight is 857 g/mol. The Bertz CT molecular complexity index is 2380. The fourth-order valence-electron chi connectivity index (χ4n) is 6.16. The van der Waals surface area contributed by atoms with Crippen LogP contribution in [0.4, 0.5) is 0 Å². The Morgan fingerprint density at radius 1 is 0.608 bits per heavy atom. The molecule has 5 heteroatoms. The summed E-state index contributed by atoms with van der Waals surface area (Å²) < 4.78 is 6.45. The fourth-order valence-corrected chi connectivity index (χ4v) is 7.20. The van der Waals surface area contributed by atoms with Crippen LogP contribution in [0.1, 0.15) is 25.3 Å². The van der Waals surface area contributed by atoms with E-state index in [9.17, 15) is 0 Å². The van der Waals surface area contributed by atoms with E-state index in [0.717, 1.165) is 55.6 Å². The van der Waals surface area contributed by atoms with Crippen LogP contribution in [0.25, 0.3) is 66.7 Å². The number of rotatable bonds is 6. The molecule has 1 radical (unpaired) electrons. The third-order valence-electron chi connectivity index (χ3n) is 9.06. The Labute approximate surface area is 315 Å². The summed E-state index contributed by atoms with van der Waals surface area (Å²) in [6, 6.07) is 52.6. The third kappa shape index (κ3) is 7.87. The predicted octanol–water partition coefficient (Wildman–Crippen LogP) is 12.0. The Hall–Kier alpha value is -4.93. The Kier molecular flexibility index (Phi) is 10.9. The van der Waals surface area contributed by atoms with Gasteiger partial charge in [0.25, 0.3) is 0 Å². The Morgan fingerprint density at radius 2 is 1.31 bits per heavy atom. The van der Waals surface area contributed by atoms with Gasteiger partial charge in [0.15, 0.2) is 0 Å². The minimum absolute atomic E-state index is 0. The summed E-state index contributed by atoms with van der Waals surface area (Å²) in [6.45, 7) is 11.4. The van der Waals surface area contributed by atoms with Crippen LogP contribution in [-0.2, 0) is 20.1 Å². The van der Waals surface area contributed by atoms with E-state index in [-0.39, 0.29) is 20.1 Å². The molecule has 255 valence electrons. The number of benzene rings is 5. The number of pyridine rings is 2. The van der Waals surface area contributed by atoms with E-state index in [0.29, 0.717) is 5.92 Å². The molecule has 0 amide bonds. The minimum atomic E-state index is -1.29. The van der Waals surface area contributed by atoms with Gasteiger partial charge in [-0.15, -0.1) is 53.6 Å². The molecule has 0 aliphatic heterocycles. The maximum Gasteiger partial charge on any atom is 0.128 e. The van der Waals surface area contributed by atoms with Crippen molar-refractivity contribution in [3.05, 3.63) is 164 Å². The summed E-state index contributed by atoms with van der Waals surface area (Å²) in [5.41, 5.74) is 11.5. The topological polar surface area (TPSA) is 38.9 Å². The smallest absolute Gasteiger partial charge is 0.128 e. The van der Waals surface area contributed by atoms with Gasteiger partial charge in [-0.05, 0) is 39.7 Å². The van der Waals surface area contributed by atoms with Crippen molar-refractivity contribution in [3.8, 4) is 44.8 Å². The molecule has 0 unspecified atom stereocenters. The van der Waals surface area contributed by atoms with Crippen LogP contribution < -0.4 is 5.19 Å². The molecule has 3 heterocycles. The molecule has 3 nitrogen and oxygen atoms in total. The largest absolute Gasteiger partial charge is 0.500 e. The molecule has 0 atom stereocenters. The standard InChI is InChI=1S/C26H20NO.C20H20NSi.Ir/c1-17(2)19-14-15-27-24(16-19)23-13-7-12-22-21-11-6-10-20(25(21)28-26(22)23)18-8-4-3-5-9-18;1-22(2,3)19-12-13-20(21-15-19)18-11-7-10-17(14-18)16-8-5-4-6-9-16;/h3-12,14-17H,1-2H3;4-10,12-15H,1-3H3;/q2*-1;. The van der Waals surface area contributed by atoms with Crippen molar-refractivity contribution in [2.45, 2.75) is 39.4 Å². The second-order valence-corrected chi connectivity index (χ2v) is 19.0. The van der Waals surface area contributed by atoms with Crippen molar-refractivity contribution < 1.29 is 24.5 Å². The average Bonchev–Trinajstić information content (AvgIpc) is 3.55. The van der Waals surface area contributed by atoms with Crippen LogP contribution in [0.2, 0.25) is 19.6 Å². The molecule has 0 aliphatic rings. The normalized spacial score (nSPS) is 11.3. The van der Waals surface area contributed by atoms with Crippen molar-refractivity contribution in [3.63, 3.8) is 0 Å². The summed E-state index contributed by atoms with van der Waals surface area (Å²) in [6.07, 6.45) is 3.90. The fraction of sp³-hybridized carbons (Fsp3) is 0.130. The van der Waals surface area contributed by atoms with Gasteiger partial charge in [-0.1, -0.05) is 147 Å². The number of hydrogen-bond donors (Lipinski definition) is 0. The van der Waals surface area contributed by atoms with Gasteiger partial charge in [-0.2, -0.15) is 0 Å². The first-order chi connectivity index (χ1) is 24.3. The molecule has 8 aromatic rings. The van der Waals surface area contributed by atoms with Gasteiger partial charge >= 0.3 is 0 Å². The van der Waals surface area contributed by atoms with Gasteiger partial charge < -0.3 is 14.4 Å². The van der Waals surface area contributed by atoms with E-state index in [1.54, 1.807) is 0 Å². The van der Waals surface area contributed by atoms with E-state index in [1.807, 2.05) is 36.7 Å². The van der Waals surface area contributed by atoms with Crippen molar-refractivity contribution >= 4 is 35.2 Å². The van der Waals surface area contributed by atoms with E-state index in [4.69, 9.17) is 4.42 Å². The monoisotopic (exact) mass is 857 g/mol. The molecule has 8 rings (SSSR count). The zero-order valence-corrected chi connectivity index (χ0v) is 33.0. The molecule has 0 N–H and O–H groups in total. The van der Waals surface area contributed by atoms with Crippen molar-refractivity contribution in [2.75, 3.05) is 0 Å². The molecular formula is C46H40IrN2OSi-2. The summed E-state index contributed by atoms with van der Waals surface area (Å²) in [5, 5.41) is 3.60. The summed E-state index contributed by atoms with van der Waals surface area (Å²) in [5.74, 6) is 0.446. The number of fused-ring (bicyclic) bond motifs is 3. The molecule has 5 aromatic carbocycles. The summed E-state index contributed by atoms with van der Waals surface area (Å²) in [7, 11) is -1.29. The quantitative estimate of drug-likeness (QED) is 0.124. The summed E-state index contributed by atoms with van der Waals surface area (Å²) in [4.78, 5) is 9.26. The van der Waals surface area contributed by atoms with Crippen molar-refractivity contribution in [1.82, 2.24) is 9.97 Å². The van der Waals surface area contributed by atoms with Gasteiger partial charge in [0, 0.05) is 43.4 Å². The zero-order chi connectivity index (χ0) is 34.7. The molecule has 0 bridgehead atoms. The van der Waals surface area contributed by atoms with E-state index in [2.05, 4.69) is 165 Å². The number of hydrogen-bond acceptors (Lipinski definition) is 3. The van der Waals surface area contributed by atoms with Gasteiger partial charge in [-0.25, -0.2) is 0 Å². The Morgan fingerprint density at radius 3 is 2.00 bits per heavy atom. The van der Waals surface area contributed by atoms with E-state index >= 15 is 0 Å². The predicted molar refractivity (Wildman–Crippen MR) is 212 cm³/mol. The molecule has 0 saturated carbocycles. The van der Waals surface area contributed by atoms with Crippen molar-refractivity contribution in [2.24, 2.45) is 0 Å². The van der Waals surface area contributed by atoms with Crippen LogP contribution in [-0.4, -0.2) is 18.0 Å². The second-order valence-electron chi connectivity index (χ2n) is 13.9. The minimum Gasteiger partial charge on any atom is -0.500 e. The number of para-hydroxylation sites is 1. The molecule has 0 spiro atoms. The van der Waals surface area contributed by atoms with Gasteiger partial charge in [0.2, 0.25) is 0 Å². The zero-order valence-electron chi connectivity index (χ0n) is 29.6. The first-order valence-electron chi connectivity index (χ1n) is 17.2. The van der Waals surface area contributed by atoms with Gasteiger partial charge in [0.05, 0.1) is 13.7 Å². The second kappa shape index (κ2) is 15.5. The molecule has 51 heavy (non-hydrogen) atoms. The maximum atomic E-state index is 6.45. The van der Waals surface area contributed by atoms with E-state index < -0.39 is 8.07 Å². The molecule has 3 aromatic heterocycles. The maximum absolute atomic E-state index is 6.45. The molecule has 0 fully saturated rings. The first-order valence-corrected chi connectivity index (χ1v) is 20.7. The van der Waals surface area contributed by atoms with Crippen LogP contribution in [0.15, 0.2) is 150 Å². The first kappa shape index (κ1) is 35.9. The number of nitrogens with zero attached hydrogens (tertiary/aromatic N) is 2. The third-order valence-corrected chi connectivity index (χ3v) is 11.1. The van der Waals surface area contributed by atoms with Crippen LogP contribution in [0.3, 0.4) is 0 Å². The van der Waals surface area contributed by atoms with Crippen LogP contribution in [0, 0.1) is 12.1 Å². The van der Waals surface area contributed by atoms with Crippen LogP contribution in [0.5, 0.6) is 0 Å². The molecular weight excluding hydrogens is 817 g/mol. The number of aromatic nitrogens is 2.